The number of hydrogen-bond donors (Lipinski definition) is 0. The predicted molar refractivity (Wildman–Crippen MR) is 75.8 cm³/mol. The molecule has 0 radical (unpaired) electrons. The summed E-state index contributed by atoms with van der Waals surface area (Å²) in [6.45, 7) is 1.96. The first-order chi connectivity index (χ1) is 8.60. The van der Waals surface area contributed by atoms with Gasteiger partial charge in [-0.25, -0.2) is 0 Å². The van der Waals surface area contributed by atoms with E-state index in [1.807, 2.05) is 25.1 Å². The highest BCUT2D eigenvalue weighted by Gasteiger charge is 2.05. The van der Waals surface area contributed by atoms with E-state index in [1.165, 1.54) is 0 Å². The van der Waals surface area contributed by atoms with Crippen LogP contribution in [0.2, 0.25) is 5.02 Å². The fourth-order valence-electron chi connectivity index (χ4n) is 1.48. The molecular weight excluding hydrogens is 316 g/mol. The van der Waals surface area contributed by atoms with E-state index in [9.17, 15) is 4.79 Å². The summed E-state index contributed by atoms with van der Waals surface area (Å²) in [5.74, 6) is 1.21. The zero-order valence-corrected chi connectivity index (χ0v) is 12.0. The maximum Gasteiger partial charge on any atom is 0.151 e. The molecule has 0 aliphatic heterocycles. The van der Waals surface area contributed by atoms with Crippen LogP contribution in [-0.2, 0) is 0 Å². The van der Waals surface area contributed by atoms with Crippen molar-refractivity contribution in [1.82, 2.24) is 0 Å². The Kier molecular flexibility index (Phi) is 4.04. The highest BCUT2D eigenvalue weighted by Crippen LogP contribution is 2.31. The molecule has 0 bridgehead atoms. The monoisotopic (exact) mass is 324 g/mol. The predicted octanol–water partition coefficient (Wildman–Crippen LogP) is 5.02. The third-order valence-corrected chi connectivity index (χ3v) is 3.40. The van der Waals surface area contributed by atoms with Crippen molar-refractivity contribution >= 4 is 33.8 Å². The van der Waals surface area contributed by atoms with Crippen molar-refractivity contribution in [3.05, 3.63) is 57.0 Å². The van der Waals surface area contributed by atoms with Crippen LogP contribution in [0, 0.1) is 6.92 Å². The Balaban J connectivity index is 2.28. The molecule has 0 aromatic heterocycles. The summed E-state index contributed by atoms with van der Waals surface area (Å²) in [6.07, 6.45) is 0.784. The normalized spacial score (nSPS) is 10.2. The number of aryl methyl sites for hydroxylation is 1. The SMILES string of the molecule is Cc1ccc(Oc2ccc(C=O)c(Br)c2)c(Cl)c1. The number of benzene rings is 2. The third-order valence-electron chi connectivity index (χ3n) is 2.41. The molecule has 92 valence electrons. The van der Waals surface area contributed by atoms with Crippen LogP contribution in [0.15, 0.2) is 40.9 Å². The molecule has 0 N–H and O–H groups in total. The molecule has 0 heterocycles. The number of ether oxygens (including phenoxy) is 1. The third kappa shape index (κ3) is 2.92. The molecular formula is C14H10BrClO2. The van der Waals surface area contributed by atoms with Crippen LogP contribution in [-0.4, -0.2) is 6.29 Å². The fourth-order valence-corrected chi connectivity index (χ4v) is 2.21. The summed E-state index contributed by atoms with van der Waals surface area (Å²) in [6, 6.07) is 10.7. The Morgan fingerprint density at radius 2 is 2.00 bits per heavy atom. The molecule has 2 nitrogen and oxygen atoms in total. The van der Waals surface area contributed by atoms with Gasteiger partial charge < -0.3 is 4.74 Å². The number of rotatable bonds is 3. The molecule has 2 rings (SSSR count). The van der Waals surface area contributed by atoms with Crippen molar-refractivity contribution < 1.29 is 9.53 Å². The highest BCUT2D eigenvalue weighted by molar-refractivity contribution is 9.10. The van der Waals surface area contributed by atoms with E-state index in [0.717, 1.165) is 11.8 Å². The molecule has 0 saturated carbocycles. The van der Waals surface area contributed by atoms with Crippen molar-refractivity contribution in [1.29, 1.82) is 0 Å². The topological polar surface area (TPSA) is 26.3 Å². The summed E-state index contributed by atoms with van der Waals surface area (Å²) in [7, 11) is 0. The first-order valence-electron chi connectivity index (χ1n) is 5.29. The van der Waals surface area contributed by atoms with Gasteiger partial charge in [0.1, 0.15) is 11.5 Å². The first-order valence-corrected chi connectivity index (χ1v) is 6.46. The van der Waals surface area contributed by atoms with Gasteiger partial charge in [0.15, 0.2) is 6.29 Å². The van der Waals surface area contributed by atoms with E-state index < -0.39 is 0 Å². The minimum absolute atomic E-state index is 0.561. The number of halogens is 2. The quantitative estimate of drug-likeness (QED) is 0.741. The Morgan fingerprint density at radius 1 is 1.22 bits per heavy atom. The largest absolute Gasteiger partial charge is 0.456 e. The molecule has 0 saturated heterocycles. The maximum absolute atomic E-state index is 10.7. The summed E-state index contributed by atoms with van der Waals surface area (Å²) in [5, 5.41) is 0.561. The molecule has 4 heteroatoms. The number of carbonyl (C=O) groups excluding carboxylic acids is 1. The lowest BCUT2D eigenvalue weighted by Crippen LogP contribution is -1.88. The zero-order valence-electron chi connectivity index (χ0n) is 9.61. The van der Waals surface area contributed by atoms with E-state index in [0.29, 0.717) is 26.6 Å². The Bertz CT molecular complexity index is 596. The van der Waals surface area contributed by atoms with E-state index in [2.05, 4.69) is 15.9 Å². The first kappa shape index (κ1) is 13.1. The zero-order chi connectivity index (χ0) is 13.1. The molecule has 2 aromatic rings. The molecule has 2 aromatic carbocycles. The standard InChI is InChI=1S/C14H10BrClO2/c1-9-2-5-14(13(16)6-9)18-11-4-3-10(8-17)12(15)7-11/h2-8H,1H3. The van der Waals surface area contributed by atoms with Gasteiger partial charge in [-0.05, 0) is 58.7 Å². The Labute approximate surface area is 119 Å². The molecule has 0 spiro atoms. The second kappa shape index (κ2) is 5.55. The van der Waals surface area contributed by atoms with Crippen molar-refractivity contribution in [3.8, 4) is 11.5 Å². The van der Waals surface area contributed by atoms with Crippen molar-refractivity contribution in [3.63, 3.8) is 0 Å². The smallest absolute Gasteiger partial charge is 0.151 e. The average molecular weight is 326 g/mol. The van der Waals surface area contributed by atoms with Gasteiger partial charge in [0.25, 0.3) is 0 Å². The van der Waals surface area contributed by atoms with E-state index in [4.69, 9.17) is 16.3 Å². The molecule has 0 unspecified atom stereocenters. The minimum Gasteiger partial charge on any atom is -0.456 e. The molecule has 0 fully saturated rings. The van der Waals surface area contributed by atoms with E-state index in [1.54, 1.807) is 18.2 Å². The van der Waals surface area contributed by atoms with Gasteiger partial charge >= 0.3 is 0 Å². The Hall–Kier alpha value is -1.32. The van der Waals surface area contributed by atoms with Crippen LogP contribution >= 0.6 is 27.5 Å². The molecule has 0 amide bonds. The van der Waals surface area contributed by atoms with Gasteiger partial charge in [-0.3, -0.25) is 4.79 Å². The van der Waals surface area contributed by atoms with Gasteiger partial charge in [0.05, 0.1) is 5.02 Å². The highest BCUT2D eigenvalue weighted by atomic mass is 79.9. The van der Waals surface area contributed by atoms with Gasteiger partial charge in [0, 0.05) is 10.0 Å². The molecule has 18 heavy (non-hydrogen) atoms. The lowest BCUT2D eigenvalue weighted by Gasteiger charge is -2.09. The number of aldehydes is 1. The second-order valence-electron chi connectivity index (χ2n) is 3.84. The van der Waals surface area contributed by atoms with Crippen LogP contribution < -0.4 is 4.74 Å². The number of carbonyl (C=O) groups is 1. The van der Waals surface area contributed by atoms with Gasteiger partial charge in [0.2, 0.25) is 0 Å². The summed E-state index contributed by atoms with van der Waals surface area (Å²) < 4.78 is 6.36. The fraction of sp³-hybridized carbons (Fsp3) is 0.0714. The van der Waals surface area contributed by atoms with Crippen molar-refractivity contribution in [2.45, 2.75) is 6.92 Å². The van der Waals surface area contributed by atoms with Crippen LogP contribution in [0.4, 0.5) is 0 Å². The van der Waals surface area contributed by atoms with E-state index in [-0.39, 0.29) is 0 Å². The summed E-state index contributed by atoms with van der Waals surface area (Å²) in [4.78, 5) is 10.7. The molecule has 0 atom stereocenters. The maximum atomic E-state index is 10.7. The lowest BCUT2D eigenvalue weighted by atomic mass is 10.2. The van der Waals surface area contributed by atoms with Crippen LogP contribution in [0.25, 0.3) is 0 Å². The van der Waals surface area contributed by atoms with E-state index >= 15 is 0 Å². The Morgan fingerprint density at radius 3 is 2.61 bits per heavy atom. The average Bonchev–Trinajstić information content (AvgIpc) is 2.33. The molecule has 0 aliphatic carbocycles. The van der Waals surface area contributed by atoms with Crippen LogP contribution in [0.1, 0.15) is 15.9 Å². The second-order valence-corrected chi connectivity index (χ2v) is 5.10. The van der Waals surface area contributed by atoms with Gasteiger partial charge in [-0.15, -0.1) is 0 Å². The summed E-state index contributed by atoms with van der Waals surface area (Å²) in [5.41, 5.74) is 1.65. The molecule has 0 aliphatic rings. The van der Waals surface area contributed by atoms with Crippen molar-refractivity contribution in [2.24, 2.45) is 0 Å². The summed E-state index contributed by atoms with van der Waals surface area (Å²) >= 11 is 9.39. The van der Waals surface area contributed by atoms with Crippen LogP contribution in [0.3, 0.4) is 0 Å². The lowest BCUT2D eigenvalue weighted by molar-refractivity contribution is 0.112. The van der Waals surface area contributed by atoms with Gasteiger partial charge in [-0.1, -0.05) is 17.7 Å². The van der Waals surface area contributed by atoms with Crippen LogP contribution in [0.5, 0.6) is 11.5 Å². The van der Waals surface area contributed by atoms with Crippen molar-refractivity contribution in [2.75, 3.05) is 0 Å². The number of hydrogen-bond acceptors (Lipinski definition) is 2. The minimum atomic E-state index is 0.561. The van der Waals surface area contributed by atoms with Gasteiger partial charge in [-0.2, -0.15) is 0 Å².